The van der Waals surface area contributed by atoms with Gasteiger partial charge in [-0.1, -0.05) is 26.8 Å². The third-order valence-electron chi connectivity index (χ3n) is 2.89. The number of carbonyl (C=O) groups excluding carboxylic acids is 2. The predicted octanol–water partition coefficient (Wildman–Crippen LogP) is 2.76. The van der Waals surface area contributed by atoms with Crippen LogP contribution in [0.25, 0.3) is 0 Å². The molecule has 0 aromatic carbocycles. The van der Waals surface area contributed by atoms with Crippen LogP contribution in [0.15, 0.2) is 12.7 Å². The van der Waals surface area contributed by atoms with E-state index in [9.17, 15) is 9.59 Å². The zero-order chi connectivity index (χ0) is 16.2. The molecule has 0 aliphatic carbocycles. The van der Waals surface area contributed by atoms with Gasteiger partial charge >= 0.3 is 0 Å². The standard InChI is InChI=1S/C15H23N3O2S/c1-7-8-18(13(20)15(4,5)6)9-12(19)17-14-16-10(2)11(3)21-14/h7H,1,8-9H2,2-6H3,(H,16,17,19). The Morgan fingerprint density at radius 3 is 2.43 bits per heavy atom. The highest BCUT2D eigenvalue weighted by molar-refractivity contribution is 7.15. The molecule has 0 saturated heterocycles. The Labute approximate surface area is 130 Å². The summed E-state index contributed by atoms with van der Waals surface area (Å²) in [4.78, 5) is 31.2. The minimum absolute atomic E-state index is 0.000200. The average Bonchev–Trinajstić information content (AvgIpc) is 2.65. The summed E-state index contributed by atoms with van der Waals surface area (Å²) in [6, 6.07) is 0. The molecule has 0 radical (unpaired) electrons. The van der Waals surface area contributed by atoms with Crippen LogP contribution in [0.5, 0.6) is 0 Å². The lowest BCUT2D eigenvalue weighted by Crippen LogP contribution is -2.43. The van der Waals surface area contributed by atoms with Gasteiger partial charge in [-0.05, 0) is 13.8 Å². The minimum Gasteiger partial charge on any atom is -0.329 e. The first-order valence-electron chi connectivity index (χ1n) is 6.79. The Hall–Kier alpha value is -1.69. The van der Waals surface area contributed by atoms with Crippen molar-refractivity contribution in [2.24, 2.45) is 5.41 Å². The lowest BCUT2D eigenvalue weighted by atomic mass is 9.94. The predicted molar refractivity (Wildman–Crippen MR) is 86.4 cm³/mol. The van der Waals surface area contributed by atoms with Crippen LogP contribution in [0.1, 0.15) is 31.3 Å². The number of hydrogen-bond acceptors (Lipinski definition) is 4. The van der Waals surface area contributed by atoms with Crippen molar-refractivity contribution in [2.45, 2.75) is 34.6 Å². The van der Waals surface area contributed by atoms with Crippen LogP contribution in [0.3, 0.4) is 0 Å². The van der Waals surface area contributed by atoms with E-state index in [0.29, 0.717) is 11.7 Å². The number of aromatic nitrogens is 1. The number of carbonyl (C=O) groups is 2. The maximum Gasteiger partial charge on any atom is 0.245 e. The van der Waals surface area contributed by atoms with Gasteiger partial charge in [0.05, 0.1) is 5.69 Å². The van der Waals surface area contributed by atoms with E-state index in [1.165, 1.54) is 16.2 Å². The van der Waals surface area contributed by atoms with Gasteiger partial charge in [-0.3, -0.25) is 9.59 Å². The fourth-order valence-corrected chi connectivity index (χ4v) is 2.54. The normalized spacial score (nSPS) is 11.1. The molecule has 0 spiro atoms. The fraction of sp³-hybridized carbons (Fsp3) is 0.533. The third-order valence-corrected chi connectivity index (χ3v) is 3.88. The summed E-state index contributed by atoms with van der Waals surface area (Å²) in [5.74, 6) is -0.327. The molecule has 21 heavy (non-hydrogen) atoms. The summed E-state index contributed by atoms with van der Waals surface area (Å²) >= 11 is 1.43. The number of aryl methyl sites for hydroxylation is 2. The zero-order valence-electron chi connectivity index (χ0n) is 13.3. The smallest absolute Gasteiger partial charge is 0.245 e. The van der Waals surface area contributed by atoms with Crippen molar-refractivity contribution in [2.75, 3.05) is 18.4 Å². The topological polar surface area (TPSA) is 62.3 Å². The van der Waals surface area contributed by atoms with Crippen molar-refractivity contribution in [3.63, 3.8) is 0 Å². The van der Waals surface area contributed by atoms with Crippen LogP contribution in [0, 0.1) is 19.3 Å². The van der Waals surface area contributed by atoms with Crippen molar-refractivity contribution in [1.82, 2.24) is 9.88 Å². The van der Waals surface area contributed by atoms with Crippen LogP contribution in [0.2, 0.25) is 0 Å². The van der Waals surface area contributed by atoms with E-state index in [1.54, 1.807) is 6.08 Å². The van der Waals surface area contributed by atoms with E-state index in [1.807, 2.05) is 34.6 Å². The molecule has 0 atom stereocenters. The molecule has 0 unspecified atom stereocenters. The Kier molecular flexibility index (Phi) is 5.66. The van der Waals surface area contributed by atoms with Gasteiger partial charge in [0.1, 0.15) is 6.54 Å². The highest BCUT2D eigenvalue weighted by Crippen LogP contribution is 2.21. The van der Waals surface area contributed by atoms with Gasteiger partial charge in [-0.25, -0.2) is 4.98 Å². The first-order valence-corrected chi connectivity index (χ1v) is 7.61. The van der Waals surface area contributed by atoms with Crippen molar-refractivity contribution < 1.29 is 9.59 Å². The summed E-state index contributed by atoms with van der Waals surface area (Å²) in [7, 11) is 0. The SMILES string of the molecule is C=CCN(CC(=O)Nc1nc(C)c(C)s1)C(=O)C(C)(C)C. The van der Waals surface area contributed by atoms with E-state index in [-0.39, 0.29) is 18.4 Å². The molecule has 5 nitrogen and oxygen atoms in total. The molecule has 1 N–H and O–H groups in total. The highest BCUT2D eigenvalue weighted by Gasteiger charge is 2.28. The van der Waals surface area contributed by atoms with Crippen LogP contribution in [-0.2, 0) is 9.59 Å². The Morgan fingerprint density at radius 2 is 2.00 bits per heavy atom. The third kappa shape index (κ3) is 4.97. The Bertz CT molecular complexity index is 524. The molecule has 0 aliphatic heterocycles. The summed E-state index contributed by atoms with van der Waals surface area (Å²) in [6.45, 7) is 13.3. The first kappa shape index (κ1) is 17.4. The number of anilines is 1. The van der Waals surface area contributed by atoms with E-state index in [2.05, 4.69) is 16.9 Å². The van der Waals surface area contributed by atoms with Gasteiger partial charge in [0.2, 0.25) is 11.8 Å². The number of hydrogen-bond donors (Lipinski definition) is 1. The Morgan fingerprint density at radius 1 is 1.38 bits per heavy atom. The molecule has 1 aromatic heterocycles. The number of thiazole rings is 1. The zero-order valence-corrected chi connectivity index (χ0v) is 14.1. The van der Waals surface area contributed by atoms with Crippen LogP contribution >= 0.6 is 11.3 Å². The number of rotatable bonds is 5. The maximum absolute atomic E-state index is 12.3. The van der Waals surface area contributed by atoms with E-state index < -0.39 is 5.41 Å². The molecule has 0 bridgehead atoms. The molecule has 1 rings (SSSR count). The van der Waals surface area contributed by atoms with Crippen LogP contribution < -0.4 is 5.32 Å². The van der Waals surface area contributed by atoms with Gasteiger partial charge in [-0.15, -0.1) is 17.9 Å². The van der Waals surface area contributed by atoms with Crippen LogP contribution in [0.4, 0.5) is 5.13 Å². The maximum atomic E-state index is 12.3. The van der Waals surface area contributed by atoms with Crippen LogP contribution in [-0.4, -0.2) is 34.8 Å². The monoisotopic (exact) mass is 309 g/mol. The second-order valence-electron chi connectivity index (χ2n) is 5.93. The average molecular weight is 309 g/mol. The van der Waals surface area contributed by atoms with Gasteiger partial charge in [0.15, 0.2) is 5.13 Å². The van der Waals surface area contributed by atoms with Crippen molar-refractivity contribution >= 4 is 28.3 Å². The van der Waals surface area contributed by atoms with Gasteiger partial charge in [0, 0.05) is 16.8 Å². The lowest BCUT2D eigenvalue weighted by molar-refractivity contribution is -0.141. The molecule has 6 heteroatoms. The number of nitrogens with one attached hydrogen (secondary N) is 1. The second kappa shape index (κ2) is 6.85. The van der Waals surface area contributed by atoms with Crippen molar-refractivity contribution in [3.8, 4) is 0 Å². The van der Waals surface area contributed by atoms with Gasteiger partial charge < -0.3 is 10.2 Å². The fourth-order valence-electron chi connectivity index (χ4n) is 1.71. The van der Waals surface area contributed by atoms with Gasteiger partial charge in [0.25, 0.3) is 0 Å². The molecule has 116 valence electrons. The molecule has 2 amide bonds. The molecule has 1 aromatic rings. The summed E-state index contributed by atoms with van der Waals surface area (Å²) in [6.07, 6.45) is 1.62. The molecule has 0 aliphatic rings. The first-order chi connectivity index (χ1) is 9.65. The number of nitrogens with zero attached hydrogens (tertiary/aromatic N) is 2. The van der Waals surface area contributed by atoms with Crippen molar-refractivity contribution in [3.05, 3.63) is 23.2 Å². The summed E-state index contributed by atoms with van der Waals surface area (Å²) in [5.41, 5.74) is 0.376. The largest absolute Gasteiger partial charge is 0.329 e. The minimum atomic E-state index is -0.530. The molecular formula is C15H23N3O2S. The van der Waals surface area contributed by atoms with E-state index in [0.717, 1.165) is 10.6 Å². The summed E-state index contributed by atoms with van der Waals surface area (Å²) in [5, 5.41) is 3.31. The summed E-state index contributed by atoms with van der Waals surface area (Å²) < 4.78 is 0. The quantitative estimate of drug-likeness (QED) is 0.851. The second-order valence-corrected chi connectivity index (χ2v) is 7.14. The van der Waals surface area contributed by atoms with Crippen molar-refractivity contribution in [1.29, 1.82) is 0 Å². The van der Waals surface area contributed by atoms with E-state index >= 15 is 0 Å². The highest BCUT2D eigenvalue weighted by atomic mass is 32.1. The molecule has 1 heterocycles. The van der Waals surface area contributed by atoms with E-state index in [4.69, 9.17) is 0 Å². The number of amides is 2. The lowest BCUT2D eigenvalue weighted by Gasteiger charge is -2.27. The Balaban J connectivity index is 2.73. The molecular weight excluding hydrogens is 286 g/mol. The van der Waals surface area contributed by atoms with Gasteiger partial charge in [-0.2, -0.15) is 0 Å². The molecule has 0 saturated carbocycles. The molecule has 0 fully saturated rings.